The molecule has 3 nitrogen and oxygen atoms in total. The monoisotopic (exact) mass is 225 g/mol. The number of aryl methyl sites for hydroxylation is 2. The summed E-state index contributed by atoms with van der Waals surface area (Å²) < 4.78 is 0. The Morgan fingerprint density at radius 1 is 1.14 bits per heavy atom. The van der Waals surface area contributed by atoms with Crippen molar-refractivity contribution in [1.29, 1.82) is 0 Å². The summed E-state index contributed by atoms with van der Waals surface area (Å²) in [5, 5.41) is 3.24. The van der Waals surface area contributed by atoms with Crippen molar-refractivity contribution in [1.82, 2.24) is 15.0 Å². The highest BCUT2D eigenvalue weighted by molar-refractivity contribution is 7.13. The largest absolute Gasteiger partial charge is 0.238 e. The molecule has 0 bridgehead atoms. The van der Waals surface area contributed by atoms with Crippen LogP contribution < -0.4 is 0 Å². The van der Waals surface area contributed by atoms with Crippen LogP contribution in [0.5, 0.6) is 0 Å². The molecule has 2 aromatic rings. The Morgan fingerprint density at radius 3 is 2.50 bits per heavy atom. The first-order chi connectivity index (χ1) is 6.65. The Balaban J connectivity index is 2.51. The molecule has 14 heavy (non-hydrogen) atoms. The molecule has 0 aliphatic rings. The van der Waals surface area contributed by atoms with Gasteiger partial charge >= 0.3 is 0 Å². The standard InChI is InChI=1S/C9H8ClN3S/c1-5-3-7(10)13-8(11-5)9-12-6(2)4-14-9/h3-4H,1-2H3. The molecule has 0 unspecified atom stereocenters. The third kappa shape index (κ3) is 1.91. The minimum absolute atomic E-state index is 0.459. The minimum Gasteiger partial charge on any atom is -0.238 e. The first-order valence-electron chi connectivity index (χ1n) is 4.09. The van der Waals surface area contributed by atoms with Gasteiger partial charge in [-0.15, -0.1) is 11.3 Å². The summed E-state index contributed by atoms with van der Waals surface area (Å²) in [6.45, 7) is 3.83. The van der Waals surface area contributed by atoms with Crippen LogP contribution in [0.2, 0.25) is 5.15 Å². The molecule has 72 valence electrons. The number of aromatic nitrogens is 3. The third-order valence-corrected chi connectivity index (χ3v) is 2.78. The molecule has 0 saturated heterocycles. The summed E-state index contributed by atoms with van der Waals surface area (Å²) in [5.74, 6) is 0.605. The smallest absolute Gasteiger partial charge is 0.190 e. The van der Waals surface area contributed by atoms with E-state index in [1.165, 1.54) is 11.3 Å². The quantitative estimate of drug-likeness (QED) is 0.701. The molecule has 0 aliphatic heterocycles. The lowest BCUT2D eigenvalue weighted by molar-refractivity contribution is 1.10. The van der Waals surface area contributed by atoms with Gasteiger partial charge in [-0.2, -0.15) is 0 Å². The minimum atomic E-state index is 0.459. The first-order valence-corrected chi connectivity index (χ1v) is 5.34. The molecule has 0 atom stereocenters. The molecule has 0 saturated carbocycles. The third-order valence-electron chi connectivity index (χ3n) is 1.63. The summed E-state index contributed by atoms with van der Waals surface area (Å²) >= 11 is 7.36. The van der Waals surface area contributed by atoms with E-state index >= 15 is 0 Å². The van der Waals surface area contributed by atoms with Crippen molar-refractivity contribution in [2.24, 2.45) is 0 Å². The zero-order valence-corrected chi connectivity index (χ0v) is 9.35. The highest BCUT2D eigenvalue weighted by Gasteiger charge is 2.07. The maximum absolute atomic E-state index is 5.83. The van der Waals surface area contributed by atoms with E-state index in [0.717, 1.165) is 16.4 Å². The van der Waals surface area contributed by atoms with Gasteiger partial charge in [-0.1, -0.05) is 11.6 Å². The summed E-state index contributed by atoms with van der Waals surface area (Å²) in [7, 11) is 0. The van der Waals surface area contributed by atoms with Gasteiger partial charge in [-0.25, -0.2) is 15.0 Å². The number of halogens is 1. The van der Waals surface area contributed by atoms with Gasteiger partial charge in [-0.3, -0.25) is 0 Å². The number of hydrogen-bond acceptors (Lipinski definition) is 4. The topological polar surface area (TPSA) is 38.7 Å². The van der Waals surface area contributed by atoms with Crippen LogP contribution in [0.15, 0.2) is 11.4 Å². The van der Waals surface area contributed by atoms with Gasteiger partial charge in [-0.05, 0) is 19.9 Å². The second-order valence-electron chi connectivity index (χ2n) is 2.95. The van der Waals surface area contributed by atoms with Crippen LogP contribution in [0.25, 0.3) is 10.8 Å². The summed E-state index contributed by atoms with van der Waals surface area (Å²) in [5.41, 5.74) is 1.83. The Bertz CT molecular complexity index is 447. The first kappa shape index (κ1) is 9.55. The van der Waals surface area contributed by atoms with Gasteiger partial charge in [0.25, 0.3) is 0 Å². The van der Waals surface area contributed by atoms with E-state index in [2.05, 4.69) is 15.0 Å². The molecule has 0 radical (unpaired) electrons. The van der Waals surface area contributed by atoms with E-state index in [1.807, 2.05) is 19.2 Å². The second-order valence-corrected chi connectivity index (χ2v) is 4.20. The maximum atomic E-state index is 5.83. The summed E-state index contributed by atoms with van der Waals surface area (Å²) in [6, 6.07) is 1.73. The molecule has 2 rings (SSSR count). The van der Waals surface area contributed by atoms with Crippen LogP contribution in [0.1, 0.15) is 11.4 Å². The molecule has 0 spiro atoms. The predicted molar refractivity (Wildman–Crippen MR) is 57.6 cm³/mol. The summed E-state index contributed by atoms with van der Waals surface area (Å²) in [6.07, 6.45) is 0. The second kappa shape index (κ2) is 3.63. The fourth-order valence-electron chi connectivity index (χ4n) is 1.08. The van der Waals surface area contributed by atoms with Crippen LogP contribution in [-0.4, -0.2) is 15.0 Å². The van der Waals surface area contributed by atoms with Crippen molar-refractivity contribution in [2.75, 3.05) is 0 Å². The average molecular weight is 226 g/mol. The molecular formula is C9H8ClN3S. The zero-order chi connectivity index (χ0) is 10.1. The molecule has 0 fully saturated rings. The lowest BCUT2D eigenvalue weighted by atomic mass is 10.4. The van der Waals surface area contributed by atoms with Crippen LogP contribution in [-0.2, 0) is 0 Å². The van der Waals surface area contributed by atoms with E-state index in [0.29, 0.717) is 11.0 Å². The normalized spacial score (nSPS) is 10.5. The van der Waals surface area contributed by atoms with Gasteiger partial charge in [0.1, 0.15) is 5.15 Å². The van der Waals surface area contributed by atoms with Crippen LogP contribution >= 0.6 is 22.9 Å². The van der Waals surface area contributed by atoms with Crippen LogP contribution in [0, 0.1) is 13.8 Å². The molecule has 2 aromatic heterocycles. The molecule has 2 heterocycles. The van der Waals surface area contributed by atoms with E-state index in [1.54, 1.807) is 6.07 Å². The van der Waals surface area contributed by atoms with Crippen LogP contribution in [0.3, 0.4) is 0 Å². The highest BCUT2D eigenvalue weighted by atomic mass is 35.5. The number of nitrogens with zero attached hydrogens (tertiary/aromatic N) is 3. The molecular weight excluding hydrogens is 218 g/mol. The lowest BCUT2D eigenvalue weighted by Gasteiger charge is -1.97. The van der Waals surface area contributed by atoms with E-state index < -0.39 is 0 Å². The average Bonchev–Trinajstić information content (AvgIpc) is 2.50. The van der Waals surface area contributed by atoms with Gasteiger partial charge < -0.3 is 0 Å². The lowest BCUT2D eigenvalue weighted by Crippen LogP contribution is -1.91. The SMILES string of the molecule is Cc1cc(Cl)nc(-c2nc(C)cs2)n1. The van der Waals surface area contributed by atoms with E-state index in [9.17, 15) is 0 Å². The Hall–Kier alpha value is -1.00. The molecule has 5 heteroatoms. The van der Waals surface area contributed by atoms with Crippen molar-refractivity contribution < 1.29 is 0 Å². The van der Waals surface area contributed by atoms with E-state index in [-0.39, 0.29) is 0 Å². The van der Waals surface area contributed by atoms with Crippen molar-refractivity contribution in [3.05, 3.63) is 28.0 Å². The Morgan fingerprint density at radius 2 is 1.93 bits per heavy atom. The number of thiazole rings is 1. The molecule has 0 aliphatic carbocycles. The Kier molecular flexibility index (Phi) is 2.48. The Labute approximate surface area is 90.8 Å². The number of hydrogen-bond donors (Lipinski definition) is 0. The van der Waals surface area contributed by atoms with E-state index in [4.69, 9.17) is 11.6 Å². The van der Waals surface area contributed by atoms with Crippen LogP contribution in [0.4, 0.5) is 0 Å². The van der Waals surface area contributed by atoms with Crippen molar-refractivity contribution in [3.8, 4) is 10.8 Å². The fraction of sp³-hybridized carbons (Fsp3) is 0.222. The van der Waals surface area contributed by atoms with Gasteiger partial charge in [0.15, 0.2) is 10.8 Å². The molecule has 0 amide bonds. The summed E-state index contributed by atoms with van der Waals surface area (Å²) in [4.78, 5) is 12.7. The van der Waals surface area contributed by atoms with Crippen molar-refractivity contribution >= 4 is 22.9 Å². The molecule has 0 N–H and O–H groups in total. The van der Waals surface area contributed by atoms with Gasteiger partial charge in [0.2, 0.25) is 0 Å². The van der Waals surface area contributed by atoms with Crippen molar-refractivity contribution in [2.45, 2.75) is 13.8 Å². The van der Waals surface area contributed by atoms with Gasteiger partial charge in [0, 0.05) is 16.8 Å². The maximum Gasteiger partial charge on any atom is 0.190 e. The highest BCUT2D eigenvalue weighted by Crippen LogP contribution is 2.21. The van der Waals surface area contributed by atoms with Gasteiger partial charge in [0.05, 0.1) is 0 Å². The fourth-order valence-corrected chi connectivity index (χ4v) is 2.05. The zero-order valence-electron chi connectivity index (χ0n) is 7.78. The number of rotatable bonds is 1. The molecule has 0 aromatic carbocycles. The van der Waals surface area contributed by atoms with Crippen molar-refractivity contribution in [3.63, 3.8) is 0 Å². The predicted octanol–water partition coefficient (Wildman–Crippen LogP) is 2.87.